The van der Waals surface area contributed by atoms with Gasteiger partial charge in [0, 0.05) is 7.11 Å². The third-order valence-electron chi connectivity index (χ3n) is 0.887. The highest BCUT2D eigenvalue weighted by Gasteiger charge is 1.88. The van der Waals surface area contributed by atoms with Gasteiger partial charge in [0.05, 0.1) is 13.2 Å². The van der Waals surface area contributed by atoms with E-state index in [0.29, 0.717) is 13.2 Å². The Hall–Kier alpha value is -0.970. The quantitative estimate of drug-likeness (QED) is 0.541. The van der Waals surface area contributed by atoms with Crippen molar-refractivity contribution in [2.24, 2.45) is 0 Å². The van der Waals surface area contributed by atoms with Crippen molar-refractivity contribution in [1.82, 2.24) is 20.2 Å². The molecule has 50 valence electrons. The summed E-state index contributed by atoms with van der Waals surface area (Å²) < 4.78 is 4.79. The Morgan fingerprint density at radius 3 is 3.11 bits per heavy atom. The Kier molecular flexibility index (Phi) is 2.14. The van der Waals surface area contributed by atoms with E-state index < -0.39 is 0 Å². The first-order valence-corrected chi connectivity index (χ1v) is 2.63. The molecule has 0 bridgehead atoms. The van der Waals surface area contributed by atoms with Crippen LogP contribution in [-0.2, 0) is 11.3 Å². The maximum atomic E-state index is 4.79. The standard InChI is InChI=1S/C4H8N4O/c1-9-3-2-8-6-4-5-7-8/h4H,2-3H2,1H3. The van der Waals surface area contributed by atoms with Crippen molar-refractivity contribution in [3.8, 4) is 0 Å². The third-order valence-corrected chi connectivity index (χ3v) is 0.887. The lowest BCUT2D eigenvalue weighted by atomic mass is 10.7. The van der Waals surface area contributed by atoms with Gasteiger partial charge in [-0.1, -0.05) is 0 Å². The van der Waals surface area contributed by atoms with E-state index in [0.717, 1.165) is 0 Å². The first-order chi connectivity index (χ1) is 4.43. The molecular weight excluding hydrogens is 120 g/mol. The molecule has 5 nitrogen and oxygen atoms in total. The fourth-order valence-electron chi connectivity index (χ4n) is 0.464. The Morgan fingerprint density at radius 1 is 1.67 bits per heavy atom. The summed E-state index contributed by atoms with van der Waals surface area (Å²) in [6, 6.07) is 0. The molecule has 0 aliphatic rings. The van der Waals surface area contributed by atoms with Crippen LogP contribution in [0.1, 0.15) is 0 Å². The fraction of sp³-hybridized carbons (Fsp3) is 0.750. The van der Waals surface area contributed by atoms with Crippen molar-refractivity contribution in [3.63, 3.8) is 0 Å². The number of hydrogen-bond donors (Lipinski definition) is 0. The maximum absolute atomic E-state index is 4.79. The van der Waals surface area contributed by atoms with Crippen LogP contribution in [0, 0.1) is 0 Å². The van der Waals surface area contributed by atoms with Gasteiger partial charge in [-0.2, -0.15) is 4.80 Å². The zero-order valence-corrected chi connectivity index (χ0v) is 5.19. The van der Waals surface area contributed by atoms with Crippen LogP contribution in [0.5, 0.6) is 0 Å². The Morgan fingerprint density at radius 2 is 2.56 bits per heavy atom. The summed E-state index contributed by atoms with van der Waals surface area (Å²) in [5.74, 6) is 0. The minimum Gasteiger partial charge on any atom is -0.383 e. The van der Waals surface area contributed by atoms with Crippen LogP contribution in [0.4, 0.5) is 0 Å². The summed E-state index contributed by atoms with van der Waals surface area (Å²) in [6.45, 7) is 1.28. The van der Waals surface area contributed by atoms with Gasteiger partial charge in [-0.3, -0.25) is 0 Å². The van der Waals surface area contributed by atoms with E-state index in [1.165, 1.54) is 11.1 Å². The molecule has 1 rings (SSSR count). The van der Waals surface area contributed by atoms with Crippen LogP contribution in [0.2, 0.25) is 0 Å². The number of hydrogen-bond acceptors (Lipinski definition) is 4. The number of rotatable bonds is 3. The first kappa shape index (κ1) is 6.15. The summed E-state index contributed by atoms with van der Waals surface area (Å²) in [6.07, 6.45) is 1.40. The number of tetrazole rings is 1. The Balaban J connectivity index is 2.30. The monoisotopic (exact) mass is 128 g/mol. The molecule has 0 saturated carbocycles. The Bertz CT molecular complexity index is 150. The minimum atomic E-state index is 0.621. The van der Waals surface area contributed by atoms with Crippen molar-refractivity contribution in [1.29, 1.82) is 0 Å². The Labute approximate surface area is 52.6 Å². The maximum Gasteiger partial charge on any atom is 0.162 e. The predicted octanol–water partition coefficient (Wildman–Crippen LogP) is -0.681. The van der Waals surface area contributed by atoms with Crippen LogP contribution in [0.25, 0.3) is 0 Å². The fourth-order valence-corrected chi connectivity index (χ4v) is 0.464. The largest absolute Gasteiger partial charge is 0.383 e. The lowest BCUT2D eigenvalue weighted by Crippen LogP contribution is -2.07. The second-order valence-corrected chi connectivity index (χ2v) is 1.52. The second-order valence-electron chi connectivity index (χ2n) is 1.52. The van der Waals surface area contributed by atoms with Gasteiger partial charge < -0.3 is 4.74 Å². The van der Waals surface area contributed by atoms with Gasteiger partial charge in [-0.15, -0.1) is 10.2 Å². The lowest BCUT2D eigenvalue weighted by molar-refractivity contribution is 0.178. The number of methoxy groups -OCH3 is 1. The molecule has 0 aliphatic carbocycles. The van der Waals surface area contributed by atoms with Crippen molar-refractivity contribution < 1.29 is 4.74 Å². The number of aromatic nitrogens is 4. The van der Waals surface area contributed by atoms with Crippen molar-refractivity contribution in [2.45, 2.75) is 6.54 Å². The third kappa shape index (κ3) is 1.77. The molecule has 0 amide bonds. The lowest BCUT2D eigenvalue weighted by Gasteiger charge is -1.93. The molecule has 0 saturated heterocycles. The molecule has 0 unspecified atom stereocenters. The second kappa shape index (κ2) is 3.13. The molecule has 5 heteroatoms. The molecule has 1 heterocycles. The van der Waals surface area contributed by atoms with E-state index in [1.54, 1.807) is 7.11 Å². The molecule has 0 aromatic carbocycles. The molecule has 1 aromatic rings. The molecule has 0 fully saturated rings. The van der Waals surface area contributed by atoms with Gasteiger partial charge in [0.15, 0.2) is 6.33 Å². The van der Waals surface area contributed by atoms with E-state index in [2.05, 4.69) is 15.4 Å². The molecular formula is C4H8N4O. The van der Waals surface area contributed by atoms with Crippen molar-refractivity contribution in [3.05, 3.63) is 6.33 Å². The SMILES string of the molecule is COCCn1ncnn1. The number of nitrogens with zero attached hydrogens (tertiary/aromatic N) is 4. The first-order valence-electron chi connectivity index (χ1n) is 2.63. The highest BCUT2D eigenvalue weighted by atomic mass is 16.5. The molecule has 0 N–H and O–H groups in total. The van der Waals surface area contributed by atoms with E-state index in [9.17, 15) is 0 Å². The van der Waals surface area contributed by atoms with E-state index in [1.807, 2.05) is 0 Å². The van der Waals surface area contributed by atoms with Crippen molar-refractivity contribution in [2.75, 3.05) is 13.7 Å². The van der Waals surface area contributed by atoms with Gasteiger partial charge in [0.1, 0.15) is 0 Å². The summed E-state index contributed by atoms with van der Waals surface area (Å²) in [4.78, 5) is 1.48. The van der Waals surface area contributed by atoms with Gasteiger partial charge in [0.25, 0.3) is 0 Å². The van der Waals surface area contributed by atoms with Crippen LogP contribution in [-0.4, -0.2) is 33.9 Å². The van der Waals surface area contributed by atoms with Crippen LogP contribution < -0.4 is 0 Å². The summed E-state index contributed by atoms with van der Waals surface area (Å²) in [5.41, 5.74) is 0. The van der Waals surface area contributed by atoms with E-state index in [4.69, 9.17) is 4.74 Å². The zero-order valence-electron chi connectivity index (χ0n) is 5.19. The molecule has 1 aromatic heterocycles. The molecule has 0 radical (unpaired) electrons. The van der Waals surface area contributed by atoms with Gasteiger partial charge in [0.2, 0.25) is 0 Å². The highest BCUT2D eigenvalue weighted by molar-refractivity contribution is 4.37. The topological polar surface area (TPSA) is 52.8 Å². The highest BCUT2D eigenvalue weighted by Crippen LogP contribution is 1.74. The smallest absolute Gasteiger partial charge is 0.162 e. The molecule has 9 heavy (non-hydrogen) atoms. The molecule has 0 spiro atoms. The van der Waals surface area contributed by atoms with Crippen LogP contribution >= 0.6 is 0 Å². The summed E-state index contributed by atoms with van der Waals surface area (Å²) >= 11 is 0. The predicted molar refractivity (Wildman–Crippen MR) is 29.7 cm³/mol. The molecule has 0 atom stereocenters. The zero-order chi connectivity index (χ0) is 6.53. The summed E-state index contributed by atoms with van der Waals surface area (Å²) in [7, 11) is 1.64. The van der Waals surface area contributed by atoms with Crippen LogP contribution in [0.15, 0.2) is 6.33 Å². The van der Waals surface area contributed by atoms with Crippen molar-refractivity contribution >= 4 is 0 Å². The van der Waals surface area contributed by atoms with E-state index in [-0.39, 0.29) is 0 Å². The average Bonchev–Trinajstić information content (AvgIpc) is 2.34. The average molecular weight is 128 g/mol. The van der Waals surface area contributed by atoms with E-state index >= 15 is 0 Å². The number of ether oxygens (including phenoxy) is 1. The van der Waals surface area contributed by atoms with Crippen LogP contribution in [0.3, 0.4) is 0 Å². The molecule has 0 aliphatic heterocycles. The van der Waals surface area contributed by atoms with Gasteiger partial charge in [-0.25, -0.2) is 0 Å². The summed E-state index contributed by atoms with van der Waals surface area (Å²) in [5, 5.41) is 10.9. The van der Waals surface area contributed by atoms with Gasteiger partial charge in [-0.05, 0) is 5.21 Å². The minimum absolute atomic E-state index is 0.621. The normalized spacial score (nSPS) is 9.89. The van der Waals surface area contributed by atoms with Gasteiger partial charge >= 0.3 is 0 Å².